The van der Waals surface area contributed by atoms with E-state index in [1.807, 2.05) is 4.90 Å². The molecule has 1 amide bonds. The zero-order valence-corrected chi connectivity index (χ0v) is 9.87. The van der Waals surface area contributed by atoms with Crippen molar-refractivity contribution in [2.24, 2.45) is 0 Å². The lowest BCUT2D eigenvalue weighted by atomic mass is 10.4. The lowest BCUT2D eigenvalue weighted by molar-refractivity contribution is -0.128. The van der Waals surface area contributed by atoms with Crippen molar-refractivity contribution in [2.75, 3.05) is 44.7 Å². The minimum atomic E-state index is 0.163. The number of nitrogens with zero attached hydrogens (tertiary/aromatic N) is 2. The van der Waals surface area contributed by atoms with Gasteiger partial charge in [0.05, 0.1) is 11.9 Å². The van der Waals surface area contributed by atoms with Crippen LogP contribution in [-0.2, 0) is 4.79 Å². The largest absolute Gasteiger partial charge is 0.395 e. The summed E-state index contributed by atoms with van der Waals surface area (Å²) in [5, 5.41) is 9.21. The first-order valence-corrected chi connectivity index (χ1v) is 6.07. The number of rotatable bonds is 3. The maximum atomic E-state index is 11.4. The summed E-state index contributed by atoms with van der Waals surface area (Å²) in [7, 11) is 0. The number of aliphatic hydroxyl groups excluding tert-OH is 1. The molecule has 1 saturated heterocycles. The lowest BCUT2D eigenvalue weighted by Crippen LogP contribution is -2.36. The third kappa shape index (κ3) is 3.55. The van der Waals surface area contributed by atoms with Gasteiger partial charge in [0.25, 0.3) is 0 Å². The van der Waals surface area contributed by atoms with Crippen molar-refractivity contribution < 1.29 is 9.90 Å². The average molecular weight is 265 g/mol. The predicted octanol–water partition coefficient (Wildman–Crippen LogP) is -0.0921. The van der Waals surface area contributed by atoms with E-state index in [-0.39, 0.29) is 12.5 Å². The van der Waals surface area contributed by atoms with E-state index in [1.165, 1.54) is 0 Å². The fraction of sp³-hybridized carbons (Fsp3) is 0.889. The normalized spacial score (nSPS) is 19.4. The molecule has 5 heteroatoms. The maximum Gasteiger partial charge on any atom is 0.233 e. The van der Waals surface area contributed by atoms with E-state index in [4.69, 9.17) is 5.11 Å². The molecule has 0 aromatic heterocycles. The molecular formula is C9H17BrN2O2. The third-order valence-electron chi connectivity index (χ3n) is 2.47. The van der Waals surface area contributed by atoms with Gasteiger partial charge in [0.15, 0.2) is 0 Å². The molecule has 0 aliphatic carbocycles. The van der Waals surface area contributed by atoms with Crippen LogP contribution in [0.1, 0.15) is 6.42 Å². The molecule has 14 heavy (non-hydrogen) atoms. The summed E-state index contributed by atoms with van der Waals surface area (Å²) in [6.45, 7) is 4.39. The summed E-state index contributed by atoms with van der Waals surface area (Å²) in [5.41, 5.74) is 0. The molecule has 1 rings (SSSR count). The Morgan fingerprint density at radius 2 is 2.07 bits per heavy atom. The standard InChI is InChI=1S/C9H17BrN2O2/c10-8-9(14)12-3-1-2-11(4-5-12)6-7-13/h13H,1-8H2. The molecule has 82 valence electrons. The van der Waals surface area contributed by atoms with E-state index in [0.717, 1.165) is 39.1 Å². The maximum absolute atomic E-state index is 11.4. The number of amides is 1. The molecule has 0 unspecified atom stereocenters. The number of hydrogen-bond donors (Lipinski definition) is 1. The number of carbonyl (C=O) groups excluding carboxylic acids is 1. The Hall–Kier alpha value is -0.130. The van der Waals surface area contributed by atoms with Gasteiger partial charge in [0.1, 0.15) is 0 Å². The van der Waals surface area contributed by atoms with Gasteiger partial charge in [0.2, 0.25) is 5.91 Å². The first-order chi connectivity index (χ1) is 6.77. The predicted molar refractivity (Wildman–Crippen MR) is 58.5 cm³/mol. The topological polar surface area (TPSA) is 43.8 Å². The van der Waals surface area contributed by atoms with Gasteiger partial charge in [-0.2, -0.15) is 0 Å². The minimum absolute atomic E-state index is 0.163. The highest BCUT2D eigenvalue weighted by Crippen LogP contribution is 2.03. The van der Waals surface area contributed by atoms with E-state index in [0.29, 0.717) is 5.33 Å². The molecule has 0 aromatic carbocycles. The quantitative estimate of drug-likeness (QED) is 0.725. The van der Waals surface area contributed by atoms with Crippen LogP contribution in [0, 0.1) is 0 Å². The fourth-order valence-corrected chi connectivity index (χ4v) is 2.02. The minimum Gasteiger partial charge on any atom is -0.395 e. The van der Waals surface area contributed by atoms with Crippen LogP contribution in [0.4, 0.5) is 0 Å². The second-order valence-corrected chi connectivity index (χ2v) is 3.99. The highest BCUT2D eigenvalue weighted by molar-refractivity contribution is 9.09. The molecular weight excluding hydrogens is 248 g/mol. The highest BCUT2D eigenvalue weighted by Gasteiger charge is 2.17. The van der Waals surface area contributed by atoms with E-state index in [9.17, 15) is 4.79 Å². The van der Waals surface area contributed by atoms with Crippen LogP contribution in [-0.4, -0.2) is 65.5 Å². The molecule has 0 spiro atoms. The SMILES string of the molecule is O=C(CBr)N1CCCN(CCO)CC1. The Balaban J connectivity index is 2.36. The monoisotopic (exact) mass is 264 g/mol. The fourth-order valence-electron chi connectivity index (χ4n) is 1.67. The van der Waals surface area contributed by atoms with Gasteiger partial charge in [-0.1, -0.05) is 15.9 Å². The zero-order chi connectivity index (χ0) is 10.4. The molecule has 0 bridgehead atoms. The summed E-state index contributed by atoms with van der Waals surface area (Å²) >= 11 is 3.18. The van der Waals surface area contributed by atoms with Crippen LogP contribution >= 0.6 is 15.9 Å². The number of hydrogen-bond acceptors (Lipinski definition) is 3. The van der Waals surface area contributed by atoms with Crippen molar-refractivity contribution >= 4 is 21.8 Å². The summed E-state index contributed by atoms with van der Waals surface area (Å²) in [5.74, 6) is 0.163. The number of carbonyl (C=O) groups is 1. The molecule has 0 atom stereocenters. The Morgan fingerprint density at radius 3 is 2.71 bits per heavy atom. The smallest absolute Gasteiger partial charge is 0.233 e. The van der Waals surface area contributed by atoms with Crippen LogP contribution in [0.15, 0.2) is 0 Å². The molecule has 0 radical (unpaired) electrons. The third-order valence-corrected chi connectivity index (χ3v) is 2.95. The Morgan fingerprint density at radius 1 is 1.29 bits per heavy atom. The summed E-state index contributed by atoms with van der Waals surface area (Å²) in [6, 6.07) is 0. The van der Waals surface area contributed by atoms with Crippen molar-refractivity contribution in [3.05, 3.63) is 0 Å². The number of aliphatic hydroxyl groups is 1. The second-order valence-electron chi connectivity index (χ2n) is 3.43. The van der Waals surface area contributed by atoms with Gasteiger partial charge in [-0.25, -0.2) is 0 Å². The zero-order valence-electron chi connectivity index (χ0n) is 8.28. The van der Waals surface area contributed by atoms with Crippen molar-refractivity contribution in [3.8, 4) is 0 Å². The van der Waals surface area contributed by atoms with Gasteiger partial charge in [-0.05, 0) is 13.0 Å². The van der Waals surface area contributed by atoms with Crippen molar-refractivity contribution in [1.29, 1.82) is 0 Å². The summed E-state index contributed by atoms with van der Waals surface area (Å²) < 4.78 is 0. The van der Waals surface area contributed by atoms with Crippen LogP contribution in [0.25, 0.3) is 0 Å². The Bertz CT molecular complexity index is 190. The molecule has 1 aliphatic heterocycles. The first kappa shape index (κ1) is 11.9. The second kappa shape index (κ2) is 6.37. The van der Waals surface area contributed by atoms with Gasteiger partial charge < -0.3 is 10.0 Å². The summed E-state index contributed by atoms with van der Waals surface area (Å²) in [6.07, 6.45) is 0.999. The molecule has 1 heterocycles. The van der Waals surface area contributed by atoms with E-state index < -0.39 is 0 Å². The molecule has 0 saturated carbocycles. The van der Waals surface area contributed by atoms with Gasteiger partial charge in [-0.3, -0.25) is 9.69 Å². The first-order valence-electron chi connectivity index (χ1n) is 4.95. The van der Waals surface area contributed by atoms with Crippen LogP contribution in [0.3, 0.4) is 0 Å². The molecule has 1 fully saturated rings. The van der Waals surface area contributed by atoms with Crippen molar-refractivity contribution in [2.45, 2.75) is 6.42 Å². The van der Waals surface area contributed by atoms with Crippen LogP contribution in [0.5, 0.6) is 0 Å². The van der Waals surface area contributed by atoms with Crippen molar-refractivity contribution in [3.63, 3.8) is 0 Å². The summed E-state index contributed by atoms with van der Waals surface area (Å²) in [4.78, 5) is 15.5. The van der Waals surface area contributed by atoms with E-state index in [2.05, 4.69) is 20.8 Å². The number of alkyl halides is 1. The van der Waals surface area contributed by atoms with Gasteiger partial charge in [-0.15, -0.1) is 0 Å². The average Bonchev–Trinajstić information content (AvgIpc) is 2.43. The molecule has 4 nitrogen and oxygen atoms in total. The highest BCUT2D eigenvalue weighted by atomic mass is 79.9. The lowest BCUT2D eigenvalue weighted by Gasteiger charge is -2.20. The van der Waals surface area contributed by atoms with Crippen molar-refractivity contribution in [1.82, 2.24) is 9.80 Å². The molecule has 0 aromatic rings. The van der Waals surface area contributed by atoms with Crippen LogP contribution < -0.4 is 0 Å². The van der Waals surface area contributed by atoms with Gasteiger partial charge in [0, 0.05) is 26.2 Å². The number of β-amino-alcohol motifs (C(OH)–C–C–N with tert-alkyl or cyclic N) is 1. The van der Waals surface area contributed by atoms with E-state index in [1.54, 1.807) is 0 Å². The number of halogens is 1. The molecule has 1 N–H and O–H groups in total. The van der Waals surface area contributed by atoms with Crippen LogP contribution in [0.2, 0.25) is 0 Å². The molecule has 1 aliphatic rings. The Labute approximate surface area is 93.0 Å². The van der Waals surface area contributed by atoms with E-state index >= 15 is 0 Å². The Kier molecular flexibility index (Phi) is 5.44. The van der Waals surface area contributed by atoms with Gasteiger partial charge >= 0.3 is 0 Å².